The lowest BCUT2D eigenvalue weighted by molar-refractivity contribution is 0.153. The van der Waals surface area contributed by atoms with Crippen molar-refractivity contribution in [3.05, 3.63) is 16.1 Å². The number of rotatable bonds is 6. The summed E-state index contributed by atoms with van der Waals surface area (Å²) in [6.45, 7) is 3.13. The van der Waals surface area contributed by atoms with Crippen molar-refractivity contribution in [2.45, 2.75) is 50.6 Å². The van der Waals surface area contributed by atoms with Gasteiger partial charge in [-0.3, -0.25) is 0 Å². The summed E-state index contributed by atoms with van der Waals surface area (Å²) in [5.41, 5.74) is 1.03. The Labute approximate surface area is 106 Å². The van der Waals surface area contributed by atoms with Gasteiger partial charge in [0.05, 0.1) is 17.3 Å². The van der Waals surface area contributed by atoms with Crippen LogP contribution >= 0.6 is 11.3 Å². The molecule has 1 heterocycles. The van der Waals surface area contributed by atoms with Crippen molar-refractivity contribution in [1.29, 1.82) is 0 Å². The fourth-order valence-corrected chi connectivity index (χ4v) is 3.25. The SMILES string of the molecule is CC(CO)(NCc1csc(C2CC2)n1)C1CC1. The Morgan fingerprint density at radius 1 is 1.47 bits per heavy atom. The number of aliphatic hydroxyl groups is 1. The van der Waals surface area contributed by atoms with E-state index in [0.29, 0.717) is 5.92 Å². The van der Waals surface area contributed by atoms with Crippen LogP contribution in [0.5, 0.6) is 0 Å². The molecule has 4 heteroatoms. The highest BCUT2D eigenvalue weighted by molar-refractivity contribution is 7.09. The highest BCUT2D eigenvalue weighted by Gasteiger charge is 2.40. The highest BCUT2D eigenvalue weighted by Crippen LogP contribution is 2.42. The van der Waals surface area contributed by atoms with Crippen molar-refractivity contribution in [3.63, 3.8) is 0 Å². The molecule has 1 aromatic rings. The first-order valence-electron chi connectivity index (χ1n) is 6.51. The zero-order valence-electron chi connectivity index (χ0n) is 10.3. The molecule has 0 radical (unpaired) electrons. The average Bonchev–Trinajstić information content (AvgIpc) is 3.24. The molecule has 1 aromatic heterocycles. The summed E-state index contributed by atoms with van der Waals surface area (Å²) in [7, 11) is 0. The van der Waals surface area contributed by atoms with Gasteiger partial charge in [0.25, 0.3) is 0 Å². The summed E-state index contributed by atoms with van der Waals surface area (Å²) >= 11 is 1.79. The van der Waals surface area contributed by atoms with Crippen LogP contribution in [0.1, 0.15) is 49.2 Å². The Hall–Kier alpha value is -0.450. The molecule has 2 N–H and O–H groups in total. The van der Waals surface area contributed by atoms with Crippen LogP contribution in [-0.2, 0) is 6.54 Å². The minimum Gasteiger partial charge on any atom is -0.394 e. The smallest absolute Gasteiger partial charge is 0.0959 e. The molecular formula is C13H20N2OS. The van der Waals surface area contributed by atoms with Crippen LogP contribution in [0.4, 0.5) is 0 Å². The standard InChI is InChI=1S/C13H20N2OS/c1-13(8-16,10-4-5-10)14-6-11-7-17-12(15-11)9-2-3-9/h7,9-10,14,16H,2-6,8H2,1H3. The van der Waals surface area contributed by atoms with Crippen molar-refractivity contribution < 1.29 is 5.11 Å². The molecule has 0 spiro atoms. The van der Waals surface area contributed by atoms with Gasteiger partial charge in [0.2, 0.25) is 0 Å². The third-order valence-corrected chi connectivity index (χ3v) is 5.03. The second-order valence-corrected chi connectivity index (χ2v) is 6.54. The number of nitrogens with one attached hydrogen (secondary N) is 1. The summed E-state index contributed by atoms with van der Waals surface area (Å²) < 4.78 is 0. The number of nitrogens with zero attached hydrogens (tertiary/aromatic N) is 1. The van der Waals surface area contributed by atoms with E-state index >= 15 is 0 Å². The van der Waals surface area contributed by atoms with Gasteiger partial charge in [-0.15, -0.1) is 11.3 Å². The summed E-state index contributed by atoms with van der Waals surface area (Å²) in [5.74, 6) is 1.40. The van der Waals surface area contributed by atoms with Crippen molar-refractivity contribution >= 4 is 11.3 Å². The first kappa shape index (κ1) is 11.6. The summed E-state index contributed by atoms with van der Waals surface area (Å²) in [5, 5.41) is 16.5. The molecule has 0 amide bonds. The summed E-state index contributed by atoms with van der Waals surface area (Å²) in [6, 6.07) is 0. The minimum absolute atomic E-state index is 0.108. The lowest BCUT2D eigenvalue weighted by Crippen LogP contribution is -2.47. The maximum absolute atomic E-state index is 9.50. The quantitative estimate of drug-likeness (QED) is 0.816. The van der Waals surface area contributed by atoms with Crippen LogP contribution in [0.15, 0.2) is 5.38 Å². The predicted octanol–water partition coefficient (Wildman–Crippen LogP) is 2.27. The Morgan fingerprint density at radius 3 is 2.82 bits per heavy atom. The van der Waals surface area contributed by atoms with Crippen molar-refractivity contribution in [1.82, 2.24) is 10.3 Å². The summed E-state index contributed by atoms with van der Waals surface area (Å²) in [6.07, 6.45) is 5.12. The minimum atomic E-state index is -0.108. The van der Waals surface area contributed by atoms with E-state index in [1.54, 1.807) is 11.3 Å². The third-order valence-electron chi connectivity index (χ3n) is 3.98. The number of aromatic nitrogens is 1. The Bertz CT molecular complexity index is 398. The first-order chi connectivity index (χ1) is 8.21. The molecule has 2 fully saturated rings. The van der Waals surface area contributed by atoms with E-state index in [2.05, 4.69) is 22.6 Å². The fraction of sp³-hybridized carbons (Fsp3) is 0.769. The molecule has 17 heavy (non-hydrogen) atoms. The van der Waals surface area contributed by atoms with E-state index in [9.17, 15) is 5.11 Å². The lowest BCUT2D eigenvalue weighted by atomic mass is 9.97. The van der Waals surface area contributed by atoms with Gasteiger partial charge in [-0.2, -0.15) is 0 Å². The highest BCUT2D eigenvalue weighted by atomic mass is 32.1. The normalized spacial score (nSPS) is 23.6. The molecule has 3 nitrogen and oxygen atoms in total. The number of hydrogen-bond donors (Lipinski definition) is 2. The van der Waals surface area contributed by atoms with Crippen molar-refractivity contribution in [2.75, 3.05) is 6.61 Å². The monoisotopic (exact) mass is 252 g/mol. The zero-order valence-corrected chi connectivity index (χ0v) is 11.1. The van der Waals surface area contributed by atoms with Crippen LogP contribution < -0.4 is 5.32 Å². The van der Waals surface area contributed by atoms with Gasteiger partial charge in [0.1, 0.15) is 0 Å². The van der Waals surface area contributed by atoms with E-state index in [-0.39, 0.29) is 12.1 Å². The molecule has 94 valence electrons. The van der Waals surface area contributed by atoms with Crippen molar-refractivity contribution in [2.24, 2.45) is 5.92 Å². The maximum atomic E-state index is 9.50. The number of hydrogen-bond acceptors (Lipinski definition) is 4. The van der Waals surface area contributed by atoms with E-state index < -0.39 is 0 Å². The maximum Gasteiger partial charge on any atom is 0.0959 e. The molecule has 2 aliphatic rings. The van der Waals surface area contributed by atoms with E-state index in [0.717, 1.165) is 18.2 Å². The van der Waals surface area contributed by atoms with Gasteiger partial charge >= 0.3 is 0 Å². The number of thiazole rings is 1. The van der Waals surface area contributed by atoms with Crippen molar-refractivity contribution in [3.8, 4) is 0 Å². The van der Waals surface area contributed by atoms with E-state index in [1.807, 2.05) is 0 Å². The molecule has 0 aromatic carbocycles. The predicted molar refractivity (Wildman–Crippen MR) is 69.1 cm³/mol. The average molecular weight is 252 g/mol. The van der Waals surface area contributed by atoms with Gasteiger partial charge in [0, 0.05) is 23.4 Å². The van der Waals surface area contributed by atoms with Gasteiger partial charge in [-0.25, -0.2) is 4.98 Å². The first-order valence-corrected chi connectivity index (χ1v) is 7.39. The van der Waals surface area contributed by atoms with E-state index in [1.165, 1.54) is 30.7 Å². The van der Waals surface area contributed by atoms with Gasteiger partial charge in [-0.05, 0) is 38.5 Å². The molecule has 0 saturated heterocycles. The molecule has 2 saturated carbocycles. The Kier molecular flexibility index (Phi) is 2.97. The van der Waals surface area contributed by atoms with Crippen LogP contribution in [0.2, 0.25) is 0 Å². The fourth-order valence-electron chi connectivity index (χ4n) is 2.26. The molecule has 2 aliphatic carbocycles. The third kappa shape index (κ3) is 2.54. The molecule has 3 rings (SSSR count). The molecule has 1 unspecified atom stereocenters. The van der Waals surface area contributed by atoms with Gasteiger partial charge in [-0.1, -0.05) is 0 Å². The Balaban J connectivity index is 1.58. The van der Waals surface area contributed by atoms with E-state index in [4.69, 9.17) is 0 Å². The lowest BCUT2D eigenvalue weighted by Gasteiger charge is -2.28. The number of aliphatic hydroxyl groups excluding tert-OH is 1. The molecular weight excluding hydrogens is 232 g/mol. The van der Waals surface area contributed by atoms with Crippen LogP contribution in [0, 0.1) is 5.92 Å². The zero-order chi connectivity index (χ0) is 11.9. The topological polar surface area (TPSA) is 45.1 Å². The van der Waals surface area contributed by atoms with Crippen LogP contribution in [0.3, 0.4) is 0 Å². The van der Waals surface area contributed by atoms with Crippen LogP contribution in [0.25, 0.3) is 0 Å². The van der Waals surface area contributed by atoms with Crippen LogP contribution in [-0.4, -0.2) is 22.2 Å². The summed E-state index contributed by atoms with van der Waals surface area (Å²) in [4.78, 5) is 4.66. The molecule has 0 aliphatic heterocycles. The van der Waals surface area contributed by atoms with Gasteiger partial charge < -0.3 is 10.4 Å². The second-order valence-electron chi connectivity index (χ2n) is 5.65. The largest absolute Gasteiger partial charge is 0.394 e. The second kappa shape index (κ2) is 4.34. The Morgan fingerprint density at radius 2 is 2.24 bits per heavy atom. The van der Waals surface area contributed by atoms with Gasteiger partial charge in [0.15, 0.2) is 0 Å². The molecule has 1 atom stereocenters. The molecule has 0 bridgehead atoms.